The van der Waals surface area contributed by atoms with Gasteiger partial charge in [-0.15, -0.1) is 0 Å². The van der Waals surface area contributed by atoms with Gasteiger partial charge in [0.2, 0.25) is 0 Å². The maximum absolute atomic E-state index is 12.6. The van der Waals surface area contributed by atoms with Crippen molar-refractivity contribution in [3.05, 3.63) is 36.0 Å². The molecule has 3 N–H and O–H groups in total. The number of aromatic nitrogens is 1. The number of ether oxygens (including phenoxy) is 1. The van der Waals surface area contributed by atoms with Gasteiger partial charge in [-0.1, -0.05) is 0 Å². The van der Waals surface area contributed by atoms with Crippen molar-refractivity contribution in [2.45, 2.75) is 38.5 Å². The normalized spacial score (nSPS) is 20.3. The van der Waals surface area contributed by atoms with E-state index in [0.717, 1.165) is 11.1 Å². The lowest BCUT2D eigenvalue weighted by atomic mass is 10.1. The van der Waals surface area contributed by atoms with E-state index in [9.17, 15) is 10.1 Å². The van der Waals surface area contributed by atoms with Crippen molar-refractivity contribution in [1.29, 1.82) is 5.26 Å². The van der Waals surface area contributed by atoms with E-state index >= 15 is 0 Å². The summed E-state index contributed by atoms with van der Waals surface area (Å²) in [5.41, 5.74) is 7.62. The standard InChI is InChI=1S/C20H25N5O2/c1-13-10-25(11-17(27-13)19(26)24-12-20(2,3)22)16-7-6-14(9-21)18-15(16)5-4-8-23-18/h4-8,13,17H,10-12,22H2,1-3H3,(H,24,26)/t13-,17-/m1/s1. The Bertz CT molecular complexity index is 884. The first kappa shape index (κ1) is 19.1. The Morgan fingerprint density at radius 2 is 2.22 bits per heavy atom. The maximum atomic E-state index is 12.6. The molecule has 3 rings (SSSR count). The number of benzene rings is 1. The predicted octanol–water partition coefficient (Wildman–Crippen LogP) is 1.55. The van der Waals surface area contributed by atoms with E-state index < -0.39 is 11.6 Å². The summed E-state index contributed by atoms with van der Waals surface area (Å²) in [6, 6.07) is 9.68. The summed E-state index contributed by atoms with van der Waals surface area (Å²) in [6.07, 6.45) is 0.987. The molecule has 0 bridgehead atoms. The van der Waals surface area contributed by atoms with Crippen molar-refractivity contribution in [2.75, 3.05) is 24.5 Å². The van der Waals surface area contributed by atoms with Gasteiger partial charge in [0.05, 0.1) is 23.7 Å². The van der Waals surface area contributed by atoms with Crippen molar-refractivity contribution in [3.63, 3.8) is 0 Å². The van der Waals surface area contributed by atoms with Crippen LogP contribution in [0.1, 0.15) is 26.3 Å². The molecular formula is C20H25N5O2. The molecule has 0 saturated carbocycles. The molecule has 1 aromatic carbocycles. The number of fused-ring (bicyclic) bond motifs is 1. The summed E-state index contributed by atoms with van der Waals surface area (Å²) in [7, 11) is 0. The van der Waals surface area contributed by atoms with Crippen LogP contribution in [-0.4, -0.2) is 48.3 Å². The summed E-state index contributed by atoms with van der Waals surface area (Å²) in [5, 5.41) is 13.1. The lowest BCUT2D eigenvalue weighted by Crippen LogP contribution is -2.55. The van der Waals surface area contributed by atoms with Gasteiger partial charge in [0, 0.05) is 35.9 Å². The van der Waals surface area contributed by atoms with Crippen LogP contribution in [-0.2, 0) is 9.53 Å². The summed E-state index contributed by atoms with van der Waals surface area (Å²) in [6.45, 7) is 7.13. The molecule has 0 unspecified atom stereocenters. The zero-order chi connectivity index (χ0) is 19.6. The van der Waals surface area contributed by atoms with Gasteiger partial charge in [-0.05, 0) is 45.0 Å². The molecule has 1 amide bonds. The van der Waals surface area contributed by atoms with Gasteiger partial charge in [-0.3, -0.25) is 9.78 Å². The molecule has 1 fully saturated rings. The number of hydrogen-bond donors (Lipinski definition) is 2. The van der Waals surface area contributed by atoms with E-state index in [4.69, 9.17) is 10.5 Å². The van der Waals surface area contributed by atoms with Crippen LogP contribution in [0.5, 0.6) is 0 Å². The number of carbonyl (C=O) groups excluding carboxylic acids is 1. The van der Waals surface area contributed by atoms with E-state index in [-0.39, 0.29) is 12.0 Å². The molecule has 7 nitrogen and oxygen atoms in total. The van der Waals surface area contributed by atoms with Crippen LogP contribution in [0.15, 0.2) is 30.5 Å². The Kier molecular flexibility index (Phi) is 5.31. The number of nitrogens with two attached hydrogens (primary N) is 1. The number of pyridine rings is 1. The smallest absolute Gasteiger partial charge is 0.251 e. The molecule has 142 valence electrons. The van der Waals surface area contributed by atoms with Crippen molar-refractivity contribution < 1.29 is 9.53 Å². The summed E-state index contributed by atoms with van der Waals surface area (Å²) in [5.74, 6) is -0.166. The highest BCUT2D eigenvalue weighted by Crippen LogP contribution is 2.30. The number of amides is 1. The first-order chi connectivity index (χ1) is 12.8. The topological polar surface area (TPSA) is 104 Å². The first-order valence-electron chi connectivity index (χ1n) is 9.03. The molecule has 2 heterocycles. The second kappa shape index (κ2) is 7.51. The van der Waals surface area contributed by atoms with Gasteiger partial charge in [-0.25, -0.2) is 0 Å². The van der Waals surface area contributed by atoms with Crippen LogP contribution in [0.4, 0.5) is 5.69 Å². The summed E-state index contributed by atoms with van der Waals surface area (Å²) < 4.78 is 5.86. The Hall–Kier alpha value is -2.69. The van der Waals surface area contributed by atoms with Gasteiger partial charge in [0.25, 0.3) is 5.91 Å². The average Bonchev–Trinajstić information content (AvgIpc) is 2.64. The average molecular weight is 367 g/mol. The molecule has 2 aromatic rings. The third-order valence-corrected chi connectivity index (χ3v) is 4.48. The monoisotopic (exact) mass is 367 g/mol. The highest BCUT2D eigenvalue weighted by atomic mass is 16.5. The van der Waals surface area contributed by atoms with Crippen molar-refractivity contribution in [2.24, 2.45) is 5.73 Å². The molecule has 0 spiro atoms. The van der Waals surface area contributed by atoms with Gasteiger partial charge < -0.3 is 20.7 Å². The van der Waals surface area contributed by atoms with Gasteiger partial charge in [0.15, 0.2) is 6.10 Å². The number of hydrogen-bond acceptors (Lipinski definition) is 6. The zero-order valence-corrected chi connectivity index (χ0v) is 15.9. The third kappa shape index (κ3) is 4.35. The van der Waals surface area contributed by atoms with E-state index in [1.807, 2.05) is 39.0 Å². The van der Waals surface area contributed by atoms with Gasteiger partial charge >= 0.3 is 0 Å². The second-order valence-corrected chi connectivity index (χ2v) is 7.69. The molecule has 7 heteroatoms. The highest BCUT2D eigenvalue weighted by Gasteiger charge is 2.31. The fraction of sp³-hybridized carbons (Fsp3) is 0.450. The van der Waals surface area contributed by atoms with Crippen LogP contribution >= 0.6 is 0 Å². The quantitative estimate of drug-likeness (QED) is 0.850. The van der Waals surface area contributed by atoms with Gasteiger partial charge in [-0.2, -0.15) is 5.26 Å². The number of rotatable bonds is 4. The highest BCUT2D eigenvalue weighted by molar-refractivity contribution is 5.95. The van der Waals surface area contributed by atoms with Crippen LogP contribution in [0.25, 0.3) is 10.9 Å². The zero-order valence-electron chi connectivity index (χ0n) is 15.9. The lowest BCUT2D eigenvalue weighted by Gasteiger charge is -2.38. The number of nitriles is 1. The number of carbonyl (C=O) groups is 1. The number of nitrogens with zero attached hydrogens (tertiary/aromatic N) is 3. The van der Waals surface area contributed by atoms with Crippen LogP contribution in [0, 0.1) is 11.3 Å². The Morgan fingerprint density at radius 3 is 2.93 bits per heavy atom. The second-order valence-electron chi connectivity index (χ2n) is 7.69. The molecule has 0 aliphatic carbocycles. The molecule has 27 heavy (non-hydrogen) atoms. The van der Waals surface area contributed by atoms with Gasteiger partial charge in [0.1, 0.15) is 6.07 Å². The lowest BCUT2D eigenvalue weighted by molar-refractivity contribution is -0.137. The minimum absolute atomic E-state index is 0.109. The van der Waals surface area contributed by atoms with Crippen molar-refractivity contribution >= 4 is 22.5 Å². The maximum Gasteiger partial charge on any atom is 0.251 e. The SMILES string of the molecule is C[C@@H]1CN(c2ccc(C#N)c3ncccc23)C[C@H](C(=O)NCC(C)(C)N)O1. The largest absolute Gasteiger partial charge is 0.365 e. The summed E-state index contributed by atoms with van der Waals surface area (Å²) >= 11 is 0. The number of nitrogens with one attached hydrogen (secondary N) is 1. The van der Waals surface area contributed by atoms with Crippen LogP contribution < -0.4 is 16.0 Å². The Labute approximate surface area is 159 Å². The predicted molar refractivity (Wildman–Crippen MR) is 104 cm³/mol. The van der Waals surface area contributed by atoms with E-state index in [1.54, 1.807) is 12.3 Å². The Balaban J connectivity index is 1.86. The molecule has 1 saturated heterocycles. The molecular weight excluding hydrogens is 342 g/mol. The fourth-order valence-corrected chi connectivity index (χ4v) is 3.25. The van der Waals surface area contributed by atoms with Crippen molar-refractivity contribution in [3.8, 4) is 6.07 Å². The van der Waals surface area contributed by atoms with E-state index in [2.05, 4.69) is 21.3 Å². The van der Waals surface area contributed by atoms with E-state index in [1.165, 1.54) is 0 Å². The minimum atomic E-state index is -0.585. The Morgan fingerprint density at radius 1 is 1.44 bits per heavy atom. The summed E-state index contributed by atoms with van der Waals surface area (Å²) in [4.78, 5) is 19.0. The first-order valence-corrected chi connectivity index (χ1v) is 9.03. The molecule has 1 aromatic heterocycles. The van der Waals surface area contributed by atoms with Crippen LogP contribution in [0.3, 0.4) is 0 Å². The third-order valence-electron chi connectivity index (χ3n) is 4.48. The van der Waals surface area contributed by atoms with Crippen molar-refractivity contribution in [1.82, 2.24) is 10.3 Å². The van der Waals surface area contributed by atoms with Crippen LogP contribution in [0.2, 0.25) is 0 Å². The van der Waals surface area contributed by atoms with E-state index in [0.29, 0.717) is 30.7 Å². The number of morpholine rings is 1. The molecule has 1 aliphatic rings. The molecule has 0 radical (unpaired) electrons. The number of anilines is 1. The molecule has 1 aliphatic heterocycles. The fourth-order valence-electron chi connectivity index (χ4n) is 3.25. The minimum Gasteiger partial charge on any atom is -0.365 e. The molecule has 2 atom stereocenters.